The van der Waals surface area contributed by atoms with Crippen molar-refractivity contribution in [2.45, 2.75) is 46.7 Å². The number of pyridine rings is 1. The van der Waals surface area contributed by atoms with Crippen molar-refractivity contribution in [1.82, 2.24) is 20.1 Å². The summed E-state index contributed by atoms with van der Waals surface area (Å²) in [4.78, 5) is 16.9. The van der Waals surface area contributed by atoms with E-state index < -0.39 is 0 Å². The molecule has 0 radical (unpaired) electrons. The van der Waals surface area contributed by atoms with E-state index in [9.17, 15) is 4.79 Å². The molecule has 3 aromatic rings. The zero-order valence-electron chi connectivity index (χ0n) is 17.6. The molecule has 0 unspecified atom stereocenters. The van der Waals surface area contributed by atoms with E-state index >= 15 is 0 Å². The number of aromatic nitrogens is 3. The number of carbonyl (C=O) groups excluding carboxylic acids is 1. The summed E-state index contributed by atoms with van der Waals surface area (Å²) in [5.74, 6) is 0.386. The summed E-state index contributed by atoms with van der Waals surface area (Å²) in [6.07, 6.45) is 1.61. The molecule has 30 heavy (non-hydrogen) atoms. The van der Waals surface area contributed by atoms with Gasteiger partial charge in [-0.1, -0.05) is 13.8 Å². The van der Waals surface area contributed by atoms with Crippen molar-refractivity contribution in [3.05, 3.63) is 41.6 Å². The molecule has 0 spiro atoms. The molecule has 1 amide bonds. The fraction of sp³-hybridized carbons (Fsp3) is 0.409. The molecule has 0 saturated carbocycles. The van der Waals surface area contributed by atoms with Gasteiger partial charge in [-0.15, -0.1) is 24.8 Å². The molecule has 0 bridgehead atoms. The first-order chi connectivity index (χ1) is 13.5. The number of rotatable bonds is 4. The van der Waals surface area contributed by atoms with Crippen LogP contribution in [0.5, 0.6) is 0 Å². The van der Waals surface area contributed by atoms with Gasteiger partial charge in [0.1, 0.15) is 5.69 Å². The fourth-order valence-electron chi connectivity index (χ4n) is 3.67. The van der Waals surface area contributed by atoms with Crippen molar-refractivity contribution in [2.75, 3.05) is 11.9 Å². The molecule has 2 N–H and O–H groups in total. The van der Waals surface area contributed by atoms with Crippen molar-refractivity contribution in [3.8, 4) is 11.4 Å². The lowest BCUT2D eigenvalue weighted by Gasteiger charge is -2.10. The highest BCUT2D eigenvalue weighted by molar-refractivity contribution is 5.95. The van der Waals surface area contributed by atoms with Crippen molar-refractivity contribution < 1.29 is 4.79 Å². The Morgan fingerprint density at radius 3 is 2.77 bits per heavy atom. The number of benzene rings is 1. The SMILES string of the molecule is Cc1cc(-c2cc3n(n2)CCCNC3)nc2ccc(NC(=O)CC(C)C)cc12.Cl.Cl. The van der Waals surface area contributed by atoms with Gasteiger partial charge in [-0.25, -0.2) is 4.98 Å². The summed E-state index contributed by atoms with van der Waals surface area (Å²) in [5, 5.41) is 12.2. The van der Waals surface area contributed by atoms with Crippen LogP contribution in [0.2, 0.25) is 0 Å². The Kier molecular flexibility index (Phi) is 8.24. The summed E-state index contributed by atoms with van der Waals surface area (Å²) in [6.45, 7) is 8.98. The monoisotopic (exact) mass is 449 g/mol. The third-order valence-electron chi connectivity index (χ3n) is 5.05. The van der Waals surface area contributed by atoms with Gasteiger partial charge in [-0.2, -0.15) is 5.10 Å². The Hall–Kier alpha value is -2.15. The van der Waals surface area contributed by atoms with E-state index in [4.69, 9.17) is 10.1 Å². The van der Waals surface area contributed by atoms with Gasteiger partial charge in [-0.05, 0) is 61.7 Å². The van der Waals surface area contributed by atoms with Gasteiger partial charge in [0.2, 0.25) is 5.91 Å². The van der Waals surface area contributed by atoms with Crippen LogP contribution in [-0.2, 0) is 17.9 Å². The second-order valence-corrected chi connectivity index (χ2v) is 7.98. The zero-order valence-corrected chi connectivity index (χ0v) is 19.2. The molecule has 2 aromatic heterocycles. The molecule has 0 fully saturated rings. The highest BCUT2D eigenvalue weighted by atomic mass is 35.5. The predicted octanol–water partition coefficient (Wildman–Crippen LogP) is 4.73. The summed E-state index contributed by atoms with van der Waals surface area (Å²) >= 11 is 0. The summed E-state index contributed by atoms with van der Waals surface area (Å²) in [6, 6.07) is 10.1. The lowest BCUT2D eigenvalue weighted by molar-refractivity contribution is -0.116. The van der Waals surface area contributed by atoms with E-state index in [0.717, 1.165) is 59.6 Å². The number of anilines is 1. The van der Waals surface area contributed by atoms with E-state index in [1.165, 1.54) is 5.69 Å². The smallest absolute Gasteiger partial charge is 0.224 e. The minimum Gasteiger partial charge on any atom is -0.326 e. The quantitative estimate of drug-likeness (QED) is 0.603. The number of hydrogen-bond acceptors (Lipinski definition) is 4. The van der Waals surface area contributed by atoms with E-state index in [1.807, 2.05) is 32.0 Å². The van der Waals surface area contributed by atoms with Gasteiger partial charge in [0.05, 0.1) is 16.9 Å². The minimum absolute atomic E-state index is 0. The lowest BCUT2D eigenvalue weighted by atomic mass is 10.1. The molecule has 6 nitrogen and oxygen atoms in total. The fourth-order valence-corrected chi connectivity index (χ4v) is 3.67. The number of nitrogens with zero attached hydrogens (tertiary/aromatic N) is 3. The average Bonchev–Trinajstić information content (AvgIpc) is 2.92. The predicted molar refractivity (Wildman–Crippen MR) is 127 cm³/mol. The molecule has 1 aliphatic rings. The molecule has 162 valence electrons. The number of fused-ring (bicyclic) bond motifs is 2. The largest absolute Gasteiger partial charge is 0.326 e. The number of amides is 1. The minimum atomic E-state index is 0. The molecular formula is C22H29Cl2N5O. The maximum atomic E-state index is 12.1. The van der Waals surface area contributed by atoms with E-state index in [0.29, 0.717) is 12.3 Å². The van der Waals surface area contributed by atoms with Crippen molar-refractivity contribution in [1.29, 1.82) is 0 Å². The van der Waals surface area contributed by atoms with Gasteiger partial charge in [0, 0.05) is 30.6 Å². The van der Waals surface area contributed by atoms with Gasteiger partial charge in [0.15, 0.2) is 0 Å². The number of carbonyl (C=O) groups is 1. The van der Waals surface area contributed by atoms with Gasteiger partial charge < -0.3 is 10.6 Å². The van der Waals surface area contributed by atoms with Crippen LogP contribution in [0.1, 0.15) is 37.9 Å². The van der Waals surface area contributed by atoms with E-state index in [1.54, 1.807) is 0 Å². The summed E-state index contributed by atoms with van der Waals surface area (Å²) < 4.78 is 2.09. The second-order valence-electron chi connectivity index (χ2n) is 7.98. The summed E-state index contributed by atoms with van der Waals surface area (Å²) in [5.41, 5.74) is 5.87. The first kappa shape index (κ1) is 24.1. The van der Waals surface area contributed by atoms with Crippen molar-refractivity contribution >= 4 is 47.3 Å². The summed E-state index contributed by atoms with van der Waals surface area (Å²) in [7, 11) is 0. The zero-order chi connectivity index (χ0) is 19.7. The molecule has 8 heteroatoms. The third kappa shape index (κ3) is 5.31. The standard InChI is InChI=1S/C22H27N5O.2ClH/c1-14(2)9-22(28)24-16-5-6-19-18(11-16)15(3)10-20(25-19)21-12-17-13-23-7-4-8-27(17)26-21;;/h5-6,10-12,14,23H,4,7-9,13H2,1-3H3,(H,24,28);2*1H. The van der Waals surface area contributed by atoms with Crippen LogP contribution in [0.25, 0.3) is 22.3 Å². The average molecular weight is 450 g/mol. The molecule has 0 saturated heterocycles. The van der Waals surface area contributed by atoms with E-state index in [-0.39, 0.29) is 30.7 Å². The number of hydrogen-bond donors (Lipinski definition) is 2. The lowest BCUT2D eigenvalue weighted by Crippen LogP contribution is -2.13. The Bertz CT molecular complexity index is 1010. The maximum absolute atomic E-state index is 12.1. The number of halogens is 2. The van der Waals surface area contributed by atoms with E-state index in [2.05, 4.69) is 34.4 Å². The molecule has 0 aliphatic carbocycles. The topological polar surface area (TPSA) is 71.8 Å². The second kappa shape index (κ2) is 10.2. The van der Waals surface area contributed by atoms with Crippen LogP contribution in [0.15, 0.2) is 30.3 Å². The van der Waals surface area contributed by atoms with Crippen LogP contribution in [0, 0.1) is 12.8 Å². The highest BCUT2D eigenvalue weighted by Gasteiger charge is 2.14. The first-order valence-electron chi connectivity index (χ1n) is 9.98. The number of nitrogens with one attached hydrogen (secondary N) is 2. The molecule has 1 aliphatic heterocycles. The maximum Gasteiger partial charge on any atom is 0.224 e. The van der Waals surface area contributed by atoms with Crippen molar-refractivity contribution in [2.24, 2.45) is 5.92 Å². The van der Waals surface area contributed by atoms with Gasteiger partial charge >= 0.3 is 0 Å². The Labute approximate surface area is 189 Å². The molecule has 3 heterocycles. The normalized spacial score (nSPS) is 13.2. The Morgan fingerprint density at radius 2 is 2.00 bits per heavy atom. The Morgan fingerprint density at radius 1 is 1.20 bits per heavy atom. The van der Waals surface area contributed by atoms with Gasteiger partial charge in [-0.3, -0.25) is 9.48 Å². The molecule has 1 aromatic carbocycles. The first-order valence-corrected chi connectivity index (χ1v) is 9.98. The molecular weight excluding hydrogens is 421 g/mol. The van der Waals surface area contributed by atoms with Crippen LogP contribution >= 0.6 is 24.8 Å². The van der Waals surface area contributed by atoms with Gasteiger partial charge in [0.25, 0.3) is 0 Å². The van der Waals surface area contributed by atoms with Crippen LogP contribution < -0.4 is 10.6 Å². The van der Waals surface area contributed by atoms with Crippen LogP contribution in [0.3, 0.4) is 0 Å². The van der Waals surface area contributed by atoms with Crippen LogP contribution in [0.4, 0.5) is 5.69 Å². The van der Waals surface area contributed by atoms with Crippen molar-refractivity contribution in [3.63, 3.8) is 0 Å². The van der Waals surface area contributed by atoms with Crippen LogP contribution in [-0.4, -0.2) is 27.2 Å². The highest BCUT2D eigenvalue weighted by Crippen LogP contribution is 2.27. The molecule has 4 rings (SSSR count). The molecule has 0 atom stereocenters. The third-order valence-corrected chi connectivity index (χ3v) is 5.05. The number of aryl methyl sites for hydroxylation is 2. The Balaban J connectivity index is 0.00000160.